The van der Waals surface area contributed by atoms with Gasteiger partial charge in [0, 0.05) is 18.6 Å². The van der Waals surface area contributed by atoms with E-state index in [9.17, 15) is 9.18 Å². The summed E-state index contributed by atoms with van der Waals surface area (Å²) in [4.78, 5) is 31.0. The van der Waals surface area contributed by atoms with Crippen molar-refractivity contribution >= 4 is 23.2 Å². The van der Waals surface area contributed by atoms with E-state index in [0.717, 1.165) is 12.8 Å². The van der Waals surface area contributed by atoms with Gasteiger partial charge in [0.25, 0.3) is 5.88 Å². The number of hydrogen-bond acceptors (Lipinski definition) is 7. The quantitative estimate of drug-likeness (QED) is 0.449. The van der Waals surface area contributed by atoms with Crippen molar-refractivity contribution in [3.05, 3.63) is 59.8 Å². The molecule has 0 bridgehead atoms. The standard InChI is InChI=1S/C24H24FN7O2/c1-4-5-13(2)34-22-21-27-10-11-32(21)12-16(28-22)19-29-18(26)17-20(30-19)31-23(33)24(17,3)14-6-8-15(25)9-7-14/h6-13H,4-5H2,1-3H3,(H3,26,29,30,31,33). The van der Waals surface area contributed by atoms with E-state index in [0.29, 0.717) is 34.2 Å². The van der Waals surface area contributed by atoms with Gasteiger partial charge in [0.15, 0.2) is 5.82 Å². The molecule has 1 aliphatic heterocycles. The molecule has 5 rings (SSSR count). The molecule has 2 unspecified atom stereocenters. The number of amides is 1. The van der Waals surface area contributed by atoms with Gasteiger partial charge in [0.2, 0.25) is 11.6 Å². The van der Waals surface area contributed by atoms with Gasteiger partial charge in [-0.15, -0.1) is 0 Å². The first-order valence-corrected chi connectivity index (χ1v) is 11.1. The lowest BCUT2D eigenvalue weighted by molar-refractivity contribution is -0.119. The number of carbonyl (C=O) groups is 1. The third-order valence-corrected chi connectivity index (χ3v) is 6.13. The lowest BCUT2D eigenvalue weighted by atomic mass is 9.78. The summed E-state index contributed by atoms with van der Waals surface area (Å²) in [6.45, 7) is 5.79. The van der Waals surface area contributed by atoms with Crippen LogP contribution >= 0.6 is 0 Å². The Bertz CT molecular complexity index is 1400. The molecule has 1 amide bonds. The minimum absolute atomic E-state index is 0.0463. The van der Waals surface area contributed by atoms with E-state index in [1.165, 1.54) is 12.1 Å². The van der Waals surface area contributed by atoms with Gasteiger partial charge < -0.3 is 20.2 Å². The number of rotatable bonds is 6. The second-order valence-electron chi connectivity index (χ2n) is 8.55. The molecule has 1 aliphatic rings. The molecule has 0 saturated heterocycles. The predicted molar refractivity (Wildman–Crippen MR) is 125 cm³/mol. The molecule has 10 heteroatoms. The summed E-state index contributed by atoms with van der Waals surface area (Å²) < 4.78 is 21.3. The number of imidazole rings is 1. The first-order chi connectivity index (χ1) is 16.3. The fourth-order valence-corrected chi connectivity index (χ4v) is 4.33. The van der Waals surface area contributed by atoms with Crippen LogP contribution in [0, 0.1) is 5.82 Å². The number of aromatic nitrogens is 5. The second kappa shape index (κ2) is 8.05. The molecule has 1 aromatic carbocycles. The third-order valence-electron chi connectivity index (χ3n) is 6.13. The maximum Gasteiger partial charge on any atom is 0.259 e. The Morgan fingerprint density at radius 1 is 1.24 bits per heavy atom. The van der Waals surface area contributed by atoms with Crippen molar-refractivity contribution in [3.63, 3.8) is 0 Å². The number of anilines is 2. The van der Waals surface area contributed by atoms with Crippen LogP contribution in [0.3, 0.4) is 0 Å². The summed E-state index contributed by atoms with van der Waals surface area (Å²) in [5.41, 5.74) is 7.25. The molecule has 0 aliphatic carbocycles. The number of carbonyl (C=O) groups excluding carboxylic acids is 1. The molecule has 174 valence electrons. The van der Waals surface area contributed by atoms with E-state index in [1.54, 1.807) is 42.0 Å². The van der Waals surface area contributed by atoms with Crippen LogP contribution in [0.25, 0.3) is 17.2 Å². The summed E-state index contributed by atoms with van der Waals surface area (Å²) in [6, 6.07) is 5.74. The Labute approximate surface area is 195 Å². The van der Waals surface area contributed by atoms with Gasteiger partial charge in [0.05, 0.1) is 11.7 Å². The van der Waals surface area contributed by atoms with Crippen LogP contribution in [0.2, 0.25) is 0 Å². The lowest BCUT2D eigenvalue weighted by Gasteiger charge is -2.23. The monoisotopic (exact) mass is 461 g/mol. The van der Waals surface area contributed by atoms with Gasteiger partial charge in [-0.2, -0.15) is 0 Å². The fourth-order valence-electron chi connectivity index (χ4n) is 4.33. The molecule has 0 spiro atoms. The van der Waals surface area contributed by atoms with Crippen molar-refractivity contribution in [2.45, 2.75) is 45.1 Å². The van der Waals surface area contributed by atoms with Crippen LogP contribution in [0.1, 0.15) is 44.7 Å². The zero-order valence-corrected chi connectivity index (χ0v) is 19.0. The molecule has 4 aromatic rings. The molecule has 3 aromatic heterocycles. The highest BCUT2D eigenvalue weighted by atomic mass is 19.1. The number of nitrogen functional groups attached to an aromatic ring is 1. The molecule has 3 N–H and O–H groups in total. The highest BCUT2D eigenvalue weighted by molar-refractivity contribution is 6.09. The average molecular weight is 462 g/mol. The van der Waals surface area contributed by atoms with Gasteiger partial charge in [0.1, 0.15) is 28.6 Å². The summed E-state index contributed by atoms with van der Waals surface area (Å²) in [5.74, 6) is 0.337. The van der Waals surface area contributed by atoms with Crippen LogP contribution in [-0.2, 0) is 10.2 Å². The molecular formula is C24H24FN7O2. The molecule has 4 heterocycles. The van der Waals surface area contributed by atoms with Crippen LogP contribution in [0.15, 0.2) is 42.9 Å². The first-order valence-electron chi connectivity index (χ1n) is 11.1. The number of nitrogens with one attached hydrogen (secondary N) is 1. The van der Waals surface area contributed by atoms with Crippen LogP contribution < -0.4 is 15.8 Å². The topological polar surface area (TPSA) is 120 Å². The zero-order valence-electron chi connectivity index (χ0n) is 19.0. The summed E-state index contributed by atoms with van der Waals surface area (Å²) in [6.07, 6.45) is 6.97. The molecule has 9 nitrogen and oxygen atoms in total. The highest BCUT2D eigenvalue weighted by Gasteiger charge is 2.47. The fraction of sp³-hybridized carbons (Fsp3) is 0.292. The number of fused-ring (bicyclic) bond motifs is 2. The number of nitrogens with zero attached hydrogens (tertiary/aromatic N) is 5. The zero-order chi connectivity index (χ0) is 24.0. The molecule has 2 atom stereocenters. The number of hydrogen-bond donors (Lipinski definition) is 2. The van der Waals surface area contributed by atoms with E-state index in [4.69, 9.17) is 10.5 Å². The number of benzene rings is 1. The second-order valence-corrected chi connectivity index (χ2v) is 8.55. The van der Waals surface area contributed by atoms with Crippen LogP contribution in [0.4, 0.5) is 16.0 Å². The van der Waals surface area contributed by atoms with Crippen molar-refractivity contribution in [2.75, 3.05) is 11.1 Å². The van der Waals surface area contributed by atoms with Crippen molar-refractivity contribution in [3.8, 4) is 17.4 Å². The smallest absolute Gasteiger partial charge is 0.259 e. The summed E-state index contributed by atoms with van der Waals surface area (Å²) in [5, 5.41) is 2.81. The SMILES string of the molecule is CCCC(C)Oc1nc(-c2nc(N)c3c(n2)NC(=O)C3(C)c2ccc(F)cc2)cn2ccnc12. The van der Waals surface area contributed by atoms with Gasteiger partial charge >= 0.3 is 0 Å². The van der Waals surface area contributed by atoms with Gasteiger partial charge in [-0.3, -0.25) is 4.79 Å². The Kier molecular flexibility index (Phi) is 5.15. The molecule has 0 fully saturated rings. The van der Waals surface area contributed by atoms with E-state index < -0.39 is 11.2 Å². The van der Waals surface area contributed by atoms with E-state index >= 15 is 0 Å². The first kappa shape index (κ1) is 21.7. The van der Waals surface area contributed by atoms with Gasteiger partial charge in [-0.05, 0) is 38.0 Å². The largest absolute Gasteiger partial charge is 0.472 e. The number of nitrogens with two attached hydrogens (primary N) is 1. The normalized spacial score (nSPS) is 18.1. The van der Waals surface area contributed by atoms with E-state index in [-0.39, 0.29) is 23.7 Å². The van der Waals surface area contributed by atoms with Crippen molar-refractivity contribution in [2.24, 2.45) is 0 Å². The maximum absolute atomic E-state index is 13.5. The minimum atomic E-state index is -1.16. The molecule has 0 saturated carbocycles. The van der Waals surface area contributed by atoms with E-state index in [1.807, 2.05) is 6.92 Å². The molecule has 34 heavy (non-hydrogen) atoms. The third kappa shape index (κ3) is 3.42. The number of halogens is 1. The summed E-state index contributed by atoms with van der Waals surface area (Å²) >= 11 is 0. The Morgan fingerprint density at radius 2 is 2.00 bits per heavy atom. The predicted octanol–water partition coefficient (Wildman–Crippen LogP) is 3.73. The summed E-state index contributed by atoms with van der Waals surface area (Å²) in [7, 11) is 0. The van der Waals surface area contributed by atoms with Gasteiger partial charge in [-0.25, -0.2) is 24.3 Å². The Balaban J connectivity index is 1.60. The van der Waals surface area contributed by atoms with E-state index in [2.05, 4.69) is 32.2 Å². The Morgan fingerprint density at radius 3 is 2.74 bits per heavy atom. The molecule has 0 radical (unpaired) electrons. The van der Waals surface area contributed by atoms with Crippen molar-refractivity contribution in [1.29, 1.82) is 0 Å². The van der Waals surface area contributed by atoms with Gasteiger partial charge in [-0.1, -0.05) is 25.5 Å². The number of ether oxygens (including phenoxy) is 1. The lowest BCUT2D eigenvalue weighted by Crippen LogP contribution is -2.33. The Hall–Kier alpha value is -4.08. The highest BCUT2D eigenvalue weighted by Crippen LogP contribution is 2.44. The molecular weight excluding hydrogens is 437 g/mol. The van der Waals surface area contributed by atoms with Crippen molar-refractivity contribution < 1.29 is 13.9 Å². The van der Waals surface area contributed by atoms with Crippen LogP contribution in [0.5, 0.6) is 5.88 Å². The van der Waals surface area contributed by atoms with Crippen LogP contribution in [-0.4, -0.2) is 36.3 Å². The average Bonchev–Trinajstić information content (AvgIpc) is 3.37. The van der Waals surface area contributed by atoms with Crippen molar-refractivity contribution in [1.82, 2.24) is 24.3 Å². The maximum atomic E-state index is 13.5. The minimum Gasteiger partial charge on any atom is -0.472 e.